The van der Waals surface area contributed by atoms with Gasteiger partial charge in [-0.05, 0) is 39.2 Å². The second-order valence-corrected chi connectivity index (χ2v) is 5.38. The van der Waals surface area contributed by atoms with E-state index in [1.54, 1.807) is 0 Å². The van der Waals surface area contributed by atoms with E-state index in [4.69, 9.17) is 4.74 Å². The molecule has 0 aliphatic carbocycles. The van der Waals surface area contributed by atoms with Crippen molar-refractivity contribution in [3.8, 4) is 0 Å². The topological polar surface area (TPSA) is 21.3 Å². The van der Waals surface area contributed by atoms with Crippen LogP contribution in [0.1, 0.15) is 53.4 Å². The third-order valence-electron chi connectivity index (χ3n) is 3.51. The van der Waals surface area contributed by atoms with Crippen molar-refractivity contribution in [2.75, 3.05) is 13.1 Å². The molecular formula is C13H27NO. The van der Waals surface area contributed by atoms with Crippen LogP contribution in [0.15, 0.2) is 0 Å². The van der Waals surface area contributed by atoms with Gasteiger partial charge < -0.3 is 10.1 Å². The van der Waals surface area contributed by atoms with E-state index in [1.807, 2.05) is 0 Å². The third kappa shape index (κ3) is 4.52. The Morgan fingerprint density at radius 1 is 1.33 bits per heavy atom. The molecule has 0 amide bonds. The van der Waals surface area contributed by atoms with Crippen LogP contribution in [0.2, 0.25) is 0 Å². The average Bonchev–Trinajstić information content (AvgIpc) is 2.53. The van der Waals surface area contributed by atoms with Gasteiger partial charge in [-0.15, -0.1) is 0 Å². The highest BCUT2D eigenvalue weighted by molar-refractivity contribution is 4.81. The zero-order valence-electron chi connectivity index (χ0n) is 10.8. The Labute approximate surface area is 94.8 Å². The number of nitrogens with one attached hydrogen (secondary N) is 1. The summed E-state index contributed by atoms with van der Waals surface area (Å²) in [6.07, 6.45) is 5.41. The highest BCUT2D eigenvalue weighted by Crippen LogP contribution is 2.28. The molecule has 1 heterocycles. The molecule has 0 radical (unpaired) electrons. The van der Waals surface area contributed by atoms with Crippen molar-refractivity contribution in [3.63, 3.8) is 0 Å². The minimum absolute atomic E-state index is 0.112. The van der Waals surface area contributed by atoms with Crippen LogP contribution in [-0.2, 0) is 4.74 Å². The van der Waals surface area contributed by atoms with Crippen molar-refractivity contribution in [1.82, 2.24) is 5.32 Å². The third-order valence-corrected chi connectivity index (χ3v) is 3.51. The van der Waals surface area contributed by atoms with Crippen LogP contribution in [-0.4, -0.2) is 24.8 Å². The Kier molecular flexibility index (Phi) is 5.07. The van der Waals surface area contributed by atoms with Crippen molar-refractivity contribution in [2.24, 2.45) is 5.92 Å². The van der Waals surface area contributed by atoms with E-state index in [-0.39, 0.29) is 5.60 Å². The van der Waals surface area contributed by atoms with E-state index < -0.39 is 0 Å². The van der Waals surface area contributed by atoms with Gasteiger partial charge in [-0.2, -0.15) is 0 Å². The second-order valence-electron chi connectivity index (χ2n) is 5.38. The van der Waals surface area contributed by atoms with Gasteiger partial charge in [0.25, 0.3) is 0 Å². The first-order chi connectivity index (χ1) is 7.07. The molecule has 0 aromatic carbocycles. The molecule has 0 saturated carbocycles. The van der Waals surface area contributed by atoms with E-state index >= 15 is 0 Å². The van der Waals surface area contributed by atoms with Gasteiger partial charge in [0.15, 0.2) is 0 Å². The smallest absolute Gasteiger partial charge is 0.0707 e. The van der Waals surface area contributed by atoms with Gasteiger partial charge in [0, 0.05) is 6.54 Å². The minimum Gasteiger partial charge on any atom is -0.371 e. The highest BCUT2D eigenvalue weighted by atomic mass is 16.5. The number of hydrogen-bond acceptors (Lipinski definition) is 2. The van der Waals surface area contributed by atoms with Crippen molar-refractivity contribution in [1.29, 1.82) is 0 Å². The maximum atomic E-state index is 5.94. The first kappa shape index (κ1) is 13.0. The fraction of sp³-hybridized carbons (Fsp3) is 1.00. The lowest BCUT2D eigenvalue weighted by molar-refractivity contribution is -0.0144. The summed E-state index contributed by atoms with van der Waals surface area (Å²) in [7, 11) is 0. The lowest BCUT2D eigenvalue weighted by Crippen LogP contribution is -2.32. The average molecular weight is 213 g/mol. The van der Waals surface area contributed by atoms with Crippen LogP contribution in [0.5, 0.6) is 0 Å². The van der Waals surface area contributed by atoms with Gasteiger partial charge in [-0.3, -0.25) is 0 Å². The Bertz CT molecular complexity index is 175. The summed E-state index contributed by atoms with van der Waals surface area (Å²) < 4.78 is 5.94. The van der Waals surface area contributed by atoms with Crippen molar-refractivity contribution < 1.29 is 4.74 Å². The van der Waals surface area contributed by atoms with Gasteiger partial charge in [0.05, 0.1) is 11.7 Å². The Balaban J connectivity index is 2.11. The zero-order valence-corrected chi connectivity index (χ0v) is 10.8. The molecule has 1 N–H and O–H groups in total. The monoisotopic (exact) mass is 213 g/mol. The summed E-state index contributed by atoms with van der Waals surface area (Å²) >= 11 is 0. The molecule has 1 atom stereocenters. The molecule has 90 valence electrons. The van der Waals surface area contributed by atoms with Crippen molar-refractivity contribution >= 4 is 0 Å². The lowest BCUT2D eigenvalue weighted by atomic mass is 10.0. The fourth-order valence-corrected chi connectivity index (χ4v) is 2.25. The van der Waals surface area contributed by atoms with Crippen molar-refractivity contribution in [3.05, 3.63) is 0 Å². The van der Waals surface area contributed by atoms with Gasteiger partial charge >= 0.3 is 0 Å². The van der Waals surface area contributed by atoms with Gasteiger partial charge in [0.2, 0.25) is 0 Å². The van der Waals surface area contributed by atoms with Gasteiger partial charge in [-0.25, -0.2) is 0 Å². The first-order valence-corrected chi connectivity index (χ1v) is 6.46. The lowest BCUT2D eigenvalue weighted by Gasteiger charge is -2.20. The Morgan fingerprint density at radius 2 is 2.00 bits per heavy atom. The molecule has 0 spiro atoms. The molecule has 1 rings (SSSR count). The predicted octanol–water partition coefficient (Wildman–Crippen LogP) is 2.97. The normalized spacial score (nSPS) is 25.0. The first-order valence-electron chi connectivity index (χ1n) is 6.46. The molecule has 1 fully saturated rings. The molecule has 2 heteroatoms. The Hall–Kier alpha value is -0.0800. The summed E-state index contributed by atoms with van der Waals surface area (Å²) in [6, 6.07) is 0. The van der Waals surface area contributed by atoms with Crippen LogP contribution < -0.4 is 5.32 Å². The summed E-state index contributed by atoms with van der Waals surface area (Å²) in [5, 5.41) is 3.54. The number of rotatable bonds is 6. The molecule has 1 saturated heterocycles. The largest absolute Gasteiger partial charge is 0.371 e. The standard InChI is InChI=1S/C13H27NO/c1-5-11(6-2)9-14-10-12-7-8-13(3,4)15-12/h11-12,14H,5-10H2,1-4H3. The van der Waals surface area contributed by atoms with Crippen LogP contribution in [0, 0.1) is 5.92 Å². The fourth-order valence-electron chi connectivity index (χ4n) is 2.25. The summed E-state index contributed by atoms with van der Waals surface area (Å²) in [5.74, 6) is 0.833. The molecule has 2 nitrogen and oxygen atoms in total. The quantitative estimate of drug-likeness (QED) is 0.732. The molecule has 0 bridgehead atoms. The van der Waals surface area contributed by atoms with Crippen LogP contribution in [0.4, 0.5) is 0 Å². The van der Waals surface area contributed by atoms with E-state index in [0.717, 1.165) is 19.0 Å². The highest BCUT2D eigenvalue weighted by Gasteiger charge is 2.31. The maximum absolute atomic E-state index is 5.94. The molecule has 1 aliphatic rings. The van der Waals surface area contributed by atoms with E-state index in [1.165, 1.54) is 25.7 Å². The van der Waals surface area contributed by atoms with Crippen LogP contribution in [0.3, 0.4) is 0 Å². The second kappa shape index (κ2) is 5.86. The van der Waals surface area contributed by atoms with Crippen molar-refractivity contribution in [2.45, 2.75) is 65.1 Å². The number of hydrogen-bond donors (Lipinski definition) is 1. The SMILES string of the molecule is CCC(CC)CNCC1CCC(C)(C)O1. The Morgan fingerprint density at radius 3 is 2.47 bits per heavy atom. The molecule has 0 aromatic rings. The minimum atomic E-state index is 0.112. The van der Waals surface area contributed by atoms with Gasteiger partial charge in [0.1, 0.15) is 0 Å². The van der Waals surface area contributed by atoms with Crippen LogP contribution in [0.25, 0.3) is 0 Å². The summed E-state index contributed by atoms with van der Waals surface area (Å²) in [4.78, 5) is 0. The van der Waals surface area contributed by atoms with E-state index in [2.05, 4.69) is 33.0 Å². The summed E-state index contributed by atoms with van der Waals surface area (Å²) in [5.41, 5.74) is 0.112. The molecule has 15 heavy (non-hydrogen) atoms. The molecule has 1 unspecified atom stereocenters. The van der Waals surface area contributed by atoms with E-state index in [0.29, 0.717) is 6.10 Å². The van der Waals surface area contributed by atoms with Gasteiger partial charge in [-0.1, -0.05) is 26.7 Å². The maximum Gasteiger partial charge on any atom is 0.0707 e. The zero-order chi connectivity index (χ0) is 11.3. The molecule has 0 aromatic heterocycles. The predicted molar refractivity (Wildman–Crippen MR) is 65.1 cm³/mol. The number of ether oxygens (including phenoxy) is 1. The van der Waals surface area contributed by atoms with Crippen LogP contribution >= 0.6 is 0 Å². The summed E-state index contributed by atoms with van der Waals surface area (Å²) in [6.45, 7) is 11.1. The van der Waals surface area contributed by atoms with E-state index in [9.17, 15) is 0 Å². The molecular weight excluding hydrogens is 186 g/mol. The molecule has 1 aliphatic heterocycles.